The van der Waals surface area contributed by atoms with Gasteiger partial charge in [-0.25, -0.2) is 18.1 Å². The normalized spacial score (nSPS) is 12.1. The van der Waals surface area contributed by atoms with Crippen molar-refractivity contribution in [2.45, 2.75) is 18.4 Å². The first-order chi connectivity index (χ1) is 9.97. The second kappa shape index (κ2) is 5.01. The fourth-order valence-electron chi connectivity index (χ4n) is 2.13. The van der Waals surface area contributed by atoms with E-state index in [9.17, 15) is 8.42 Å². The van der Waals surface area contributed by atoms with Gasteiger partial charge in [0.25, 0.3) is 0 Å². The van der Waals surface area contributed by atoms with E-state index in [0.717, 1.165) is 11.3 Å². The van der Waals surface area contributed by atoms with Gasteiger partial charge >= 0.3 is 0 Å². The van der Waals surface area contributed by atoms with Crippen molar-refractivity contribution in [2.24, 2.45) is 7.05 Å². The van der Waals surface area contributed by atoms with E-state index < -0.39 is 10.0 Å². The third kappa shape index (κ3) is 2.57. The van der Waals surface area contributed by atoms with Crippen molar-refractivity contribution >= 4 is 21.1 Å². The molecule has 0 amide bonds. The van der Waals surface area contributed by atoms with Crippen molar-refractivity contribution < 1.29 is 12.8 Å². The van der Waals surface area contributed by atoms with Crippen LogP contribution in [0.1, 0.15) is 11.6 Å². The van der Waals surface area contributed by atoms with Crippen LogP contribution in [0.2, 0.25) is 0 Å². The Morgan fingerprint density at radius 3 is 2.86 bits per heavy atom. The molecule has 0 saturated carbocycles. The van der Waals surface area contributed by atoms with Crippen LogP contribution in [0.5, 0.6) is 0 Å². The highest BCUT2D eigenvalue weighted by Crippen LogP contribution is 2.19. The van der Waals surface area contributed by atoms with Gasteiger partial charge in [0.1, 0.15) is 11.6 Å². The first-order valence-electron chi connectivity index (χ1n) is 6.42. The Hall–Kier alpha value is -2.12. The fourth-order valence-corrected chi connectivity index (χ4v) is 3.14. The van der Waals surface area contributed by atoms with Crippen LogP contribution in [-0.2, 0) is 23.6 Å². The zero-order chi connectivity index (χ0) is 15.0. The minimum atomic E-state index is -3.59. The Labute approximate surface area is 122 Å². The summed E-state index contributed by atoms with van der Waals surface area (Å²) >= 11 is 0. The summed E-state index contributed by atoms with van der Waals surface area (Å²) < 4.78 is 34.1. The van der Waals surface area contributed by atoms with Crippen molar-refractivity contribution in [3.63, 3.8) is 0 Å². The third-order valence-corrected chi connectivity index (χ3v) is 4.80. The maximum absolute atomic E-state index is 12.3. The number of sulfonamides is 1. The van der Waals surface area contributed by atoms with E-state index in [0.29, 0.717) is 11.3 Å². The van der Waals surface area contributed by atoms with Gasteiger partial charge in [0, 0.05) is 7.05 Å². The molecule has 0 unspecified atom stereocenters. The number of nitrogens with one attached hydrogen (secondary N) is 1. The van der Waals surface area contributed by atoms with Crippen LogP contribution in [0.25, 0.3) is 11.0 Å². The average molecular weight is 305 g/mol. The monoisotopic (exact) mass is 305 g/mol. The van der Waals surface area contributed by atoms with Crippen LogP contribution in [0.4, 0.5) is 0 Å². The predicted octanol–water partition coefficient (Wildman–Crippen LogP) is 1.95. The van der Waals surface area contributed by atoms with Gasteiger partial charge in [-0.2, -0.15) is 0 Å². The SMILES string of the molecule is Cc1nc2cc(S(=O)(=O)NCc3ccco3)ccc2n1C. The van der Waals surface area contributed by atoms with Gasteiger partial charge < -0.3 is 8.98 Å². The molecular weight excluding hydrogens is 290 g/mol. The van der Waals surface area contributed by atoms with Gasteiger partial charge in [0.15, 0.2) is 0 Å². The lowest BCUT2D eigenvalue weighted by Gasteiger charge is -2.05. The molecule has 7 heteroatoms. The quantitative estimate of drug-likeness (QED) is 0.799. The first-order valence-corrected chi connectivity index (χ1v) is 7.91. The van der Waals surface area contributed by atoms with Crippen LogP contribution in [0.15, 0.2) is 45.9 Å². The summed E-state index contributed by atoms with van der Waals surface area (Å²) in [7, 11) is -1.69. The molecule has 1 N–H and O–H groups in total. The van der Waals surface area contributed by atoms with Crippen molar-refractivity contribution in [1.82, 2.24) is 14.3 Å². The molecule has 0 fully saturated rings. The molecule has 3 aromatic rings. The molecule has 3 rings (SSSR count). The van der Waals surface area contributed by atoms with Gasteiger partial charge in [0.2, 0.25) is 10.0 Å². The Morgan fingerprint density at radius 2 is 2.14 bits per heavy atom. The molecule has 0 bridgehead atoms. The Balaban J connectivity index is 1.91. The molecule has 110 valence electrons. The number of benzene rings is 1. The van der Waals surface area contributed by atoms with E-state index in [1.54, 1.807) is 30.3 Å². The van der Waals surface area contributed by atoms with Gasteiger partial charge in [-0.15, -0.1) is 0 Å². The molecule has 1 aromatic carbocycles. The number of aromatic nitrogens is 2. The van der Waals surface area contributed by atoms with Crippen molar-refractivity contribution in [1.29, 1.82) is 0 Å². The van der Waals surface area contributed by atoms with Gasteiger partial charge in [-0.1, -0.05) is 0 Å². The highest BCUT2D eigenvalue weighted by atomic mass is 32.2. The van der Waals surface area contributed by atoms with E-state index in [2.05, 4.69) is 9.71 Å². The molecule has 0 saturated heterocycles. The third-order valence-electron chi connectivity index (χ3n) is 3.40. The molecule has 0 aliphatic carbocycles. The molecule has 6 nitrogen and oxygen atoms in total. The predicted molar refractivity (Wildman–Crippen MR) is 78.2 cm³/mol. The number of imidazole rings is 1. The molecule has 21 heavy (non-hydrogen) atoms. The maximum Gasteiger partial charge on any atom is 0.241 e. The molecular formula is C14H15N3O3S. The maximum atomic E-state index is 12.3. The second-order valence-corrected chi connectivity index (χ2v) is 6.54. The van der Waals surface area contributed by atoms with E-state index in [1.807, 2.05) is 18.5 Å². The molecule has 0 spiro atoms. The van der Waals surface area contributed by atoms with Crippen LogP contribution in [0.3, 0.4) is 0 Å². The van der Waals surface area contributed by atoms with Crippen molar-refractivity contribution in [3.05, 3.63) is 48.2 Å². The number of fused-ring (bicyclic) bond motifs is 1. The second-order valence-electron chi connectivity index (χ2n) is 4.77. The van der Waals surface area contributed by atoms with E-state index in [4.69, 9.17) is 4.42 Å². The summed E-state index contributed by atoms with van der Waals surface area (Å²) in [5.74, 6) is 1.40. The van der Waals surface area contributed by atoms with E-state index >= 15 is 0 Å². The largest absolute Gasteiger partial charge is 0.468 e. The molecule has 0 aliphatic heterocycles. The van der Waals surface area contributed by atoms with Gasteiger partial charge in [-0.3, -0.25) is 0 Å². The smallest absolute Gasteiger partial charge is 0.241 e. The van der Waals surface area contributed by atoms with Crippen molar-refractivity contribution in [3.8, 4) is 0 Å². The summed E-state index contributed by atoms with van der Waals surface area (Å²) in [4.78, 5) is 4.54. The molecule has 0 radical (unpaired) electrons. The van der Waals surface area contributed by atoms with Crippen LogP contribution in [0, 0.1) is 6.92 Å². The lowest BCUT2D eigenvalue weighted by atomic mass is 10.3. The number of hydrogen-bond acceptors (Lipinski definition) is 4. The van der Waals surface area contributed by atoms with Crippen LogP contribution < -0.4 is 4.72 Å². The minimum absolute atomic E-state index is 0.120. The zero-order valence-corrected chi connectivity index (χ0v) is 12.5. The number of aryl methyl sites for hydroxylation is 2. The topological polar surface area (TPSA) is 77.1 Å². The number of nitrogens with zero attached hydrogens (tertiary/aromatic N) is 2. The first kappa shape index (κ1) is 13.8. The molecule has 2 aromatic heterocycles. The fraction of sp³-hybridized carbons (Fsp3) is 0.214. The zero-order valence-electron chi connectivity index (χ0n) is 11.7. The highest BCUT2D eigenvalue weighted by Gasteiger charge is 2.16. The van der Waals surface area contributed by atoms with Gasteiger partial charge in [-0.05, 0) is 37.3 Å². The molecule has 2 heterocycles. The number of hydrogen-bond donors (Lipinski definition) is 1. The summed E-state index contributed by atoms with van der Waals surface area (Å²) in [5, 5.41) is 0. The van der Waals surface area contributed by atoms with Crippen LogP contribution in [-0.4, -0.2) is 18.0 Å². The Kier molecular flexibility index (Phi) is 3.30. The number of furan rings is 1. The minimum Gasteiger partial charge on any atom is -0.468 e. The summed E-state index contributed by atoms with van der Waals surface area (Å²) in [5.41, 5.74) is 1.56. The Morgan fingerprint density at radius 1 is 1.33 bits per heavy atom. The summed E-state index contributed by atoms with van der Waals surface area (Å²) in [6.07, 6.45) is 1.51. The standard InChI is InChI=1S/C14H15N3O3S/c1-10-16-13-8-12(5-6-14(13)17(10)2)21(18,19)15-9-11-4-3-7-20-11/h3-8,15H,9H2,1-2H3. The number of rotatable bonds is 4. The summed E-state index contributed by atoms with van der Waals surface area (Å²) in [6.45, 7) is 2.00. The highest BCUT2D eigenvalue weighted by molar-refractivity contribution is 7.89. The summed E-state index contributed by atoms with van der Waals surface area (Å²) in [6, 6.07) is 8.34. The lowest BCUT2D eigenvalue weighted by molar-refractivity contribution is 0.498. The average Bonchev–Trinajstić information content (AvgIpc) is 3.06. The lowest BCUT2D eigenvalue weighted by Crippen LogP contribution is -2.22. The molecule has 0 atom stereocenters. The van der Waals surface area contributed by atoms with E-state index in [1.165, 1.54) is 6.26 Å². The van der Waals surface area contributed by atoms with Crippen LogP contribution >= 0.6 is 0 Å². The Bertz CT molecular complexity index is 880. The molecule has 0 aliphatic rings. The van der Waals surface area contributed by atoms with Gasteiger partial charge in [0.05, 0.1) is 28.7 Å². The van der Waals surface area contributed by atoms with Crippen molar-refractivity contribution in [2.75, 3.05) is 0 Å². The van der Waals surface area contributed by atoms with E-state index in [-0.39, 0.29) is 11.4 Å².